The van der Waals surface area contributed by atoms with E-state index >= 15 is 0 Å². The van der Waals surface area contributed by atoms with Crippen LogP contribution >= 0.6 is 11.8 Å². The van der Waals surface area contributed by atoms with Crippen molar-refractivity contribution in [1.82, 2.24) is 10.6 Å². The van der Waals surface area contributed by atoms with Crippen molar-refractivity contribution in [3.8, 4) is 5.75 Å². The number of carbonyl (C=O) groups is 2. The van der Waals surface area contributed by atoms with Crippen LogP contribution in [0, 0.1) is 12.8 Å². The molecule has 168 valence electrons. The molecule has 2 aromatic rings. The number of fused-ring (bicyclic) bond motifs is 3. The summed E-state index contributed by atoms with van der Waals surface area (Å²) in [6, 6.07) is 11.4. The first kappa shape index (κ1) is 21.4. The third-order valence-electron chi connectivity index (χ3n) is 7.11. The monoisotopic (exact) mass is 450 g/mol. The van der Waals surface area contributed by atoms with Gasteiger partial charge in [-0.15, -0.1) is 0 Å². The highest BCUT2D eigenvalue weighted by atomic mass is 32.2. The summed E-state index contributed by atoms with van der Waals surface area (Å²) in [5.74, 6) is 0.118. The van der Waals surface area contributed by atoms with E-state index in [-0.39, 0.29) is 35.1 Å². The average Bonchev–Trinajstić information content (AvgIpc) is 3.33. The molecule has 3 aliphatic rings. The zero-order valence-electron chi connectivity index (χ0n) is 18.4. The Hall–Kier alpha value is -2.47. The lowest BCUT2D eigenvalue weighted by atomic mass is 9.97. The number of aromatic hydroxyl groups is 1. The topological polar surface area (TPSA) is 78.4 Å². The van der Waals surface area contributed by atoms with Crippen LogP contribution in [0.2, 0.25) is 0 Å². The number of aryl methyl sites for hydroxylation is 2. The Kier molecular flexibility index (Phi) is 5.89. The summed E-state index contributed by atoms with van der Waals surface area (Å²) in [6.45, 7) is 2.28. The predicted octanol–water partition coefficient (Wildman–Crippen LogP) is 4.41. The van der Waals surface area contributed by atoms with Crippen LogP contribution in [0.3, 0.4) is 0 Å². The molecule has 3 N–H and O–H groups in total. The molecule has 2 fully saturated rings. The molecule has 0 spiro atoms. The molecular formula is C26H30N2O3S. The fraction of sp³-hybridized carbons (Fsp3) is 0.462. The number of carbonyl (C=O) groups excluding carboxylic acids is 2. The number of benzene rings is 2. The third-order valence-corrected chi connectivity index (χ3v) is 8.74. The Labute approximate surface area is 193 Å². The van der Waals surface area contributed by atoms with Gasteiger partial charge in [0.15, 0.2) is 0 Å². The summed E-state index contributed by atoms with van der Waals surface area (Å²) in [5, 5.41) is 17.6. The van der Waals surface area contributed by atoms with Gasteiger partial charge in [0.25, 0.3) is 5.91 Å². The van der Waals surface area contributed by atoms with E-state index in [1.165, 1.54) is 24.0 Å². The summed E-state index contributed by atoms with van der Waals surface area (Å²) < 4.78 is 0. The fourth-order valence-corrected chi connectivity index (χ4v) is 7.18. The number of thioether (sulfide) groups is 1. The van der Waals surface area contributed by atoms with Crippen LogP contribution in [0.5, 0.6) is 5.75 Å². The smallest absolute Gasteiger partial charge is 0.255 e. The largest absolute Gasteiger partial charge is 0.507 e. The summed E-state index contributed by atoms with van der Waals surface area (Å²) in [6.07, 6.45) is 6.47. The first-order valence-electron chi connectivity index (χ1n) is 11.6. The van der Waals surface area contributed by atoms with Crippen molar-refractivity contribution in [3.05, 3.63) is 64.2 Å². The highest BCUT2D eigenvalue weighted by Crippen LogP contribution is 2.46. The Morgan fingerprint density at radius 3 is 2.59 bits per heavy atom. The van der Waals surface area contributed by atoms with Crippen LogP contribution in [-0.4, -0.2) is 27.4 Å². The Bertz CT molecular complexity index is 1040. The Balaban J connectivity index is 1.19. The normalized spacial score (nSPS) is 25.9. The molecule has 6 heteroatoms. The van der Waals surface area contributed by atoms with E-state index in [1.807, 2.05) is 19.1 Å². The zero-order valence-corrected chi connectivity index (χ0v) is 19.2. The maximum absolute atomic E-state index is 12.9. The molecule has 2 saturated heterocycles. The molecule has 32 heavy (non-hydrogen) atoms. The minimum absolute atomic E-state index is 0.000368. The zero-order chi connectivity index (χ0) is 22.2. The number of hydrogen-bond donors (Lipinski definition) is 3. The van der Waals surface area contributed by atoms with Gasteiger partial charge in [-0.25, -0.2) is 0 Å². The Morgan fingerprint density at radius 2 is 1.84 bits per heavy atom. The van der Waals surface area contributed by atoms with Gasteiger partial charge in [-0.2, -0.15) is 11.8 Å². The van der Waals surface area contributed by atoms with Crippen LogP contribution in [0.1, 0.15) is 70.8 Å². The maximum Gasteiger partial charge on any atom is 0.255 e. The van der Waals surface area contributed by atoms with Crippen LogP contribution in [-0.2, 0) is 17.8 Å². The molecule has 1 aliphatic carbocycles. The van der Waals surface area contributed by atoms with Crippen molar-refractivity contribution < 1.29 is 14.7 Å². The fourth-order valence-electron chi connectivity index (χ4n) is 5.40. The molecule has 2 aliphatic heterocycles. The van der Waals surface area contributed by atoms with Gasteiger partial charge < -0.3 is 15.7 Å². The van der Waals surface area contributed by atoms with Gasteiger partial charge in [-0.1, -0.05) is 24.3 Å². The molecule has 3 unspecified atom stereocenters. The molecule has 2 heterocycles. The predicted molar refractivity (Wildman–Crippen MR) is 127 cm³/mol. The first-order valence-corrected chi connectivity index (χ1v) is 12.6. The number of phenolic OH excluding ortho intramolecular Hbond substituents is 1. The highest BCUT2D eigenvalue weighted by Gasteiger charge is 2.38. The number of hydrogen-bond acceptors (Lipinski definition) is 4. The van der Waals surface area contributed by atoms with E-state index in [1.54, 1.807) is 12.1 Å². The second kappa shape index (κ2) is 8.81. The van der Waals surface area contributed by atoms with E-state index in [0.717, 1.165) is 36.8 Å². The van der Waals surface area contributed by atoms with Crippen molar-refractivity contribution in [3.63, 3.8) is 0 Å². The minimum Gasteiger partial charge on any atom is -0.507 e. The lowest BCUT2D eigenvalue weighted by Crippen LogP contribution is -2.36. The van der Waals surface area contributed by atoms with Gasteiger partial charge in [0.1, 0.15) is 5.75 Å². The minimum atomic E-state index is -0.284. The number of amides is 2. The summed E-state index contributed by atoms with van der Waals surface area (Å²) in [5.41, 5.74) is 4.68. The van der Waals surface area contributed by atoms with Gasteiger partial charge >= 0.3 is 0 Å². The lowest BCUT2D eigenvalue weighted by molar-refractivity contribution is -0.126. The molecule has 0 aromatic heterocycles. The maximum atomic E-state index is 12.9. The van der Waals surface area contributed by atoms with Crippen molar-refractivity contribution in [2.24, 2.45) is 5.92 Å². The van der Waals surface area contributed by atoms with Gasteiger partial charge in [-0.05, 0) is 79.8 Å². The van der Waals surface area contributed by atoms with Crippen molar-refractivity contribution in [2.45, 2.75) is 68.5 Å². The van der Waals surface area contributed by atoms with Gasteiger partial charge in [0.2, 0.25) is 5.91 Å². The third kappa shape index (κ3) is 4.38. The molecule has 3 atom stereocenters. The van der Waals surface area contributed by atoms with Crippen LogP contribution in [0.4, 0.5) is 0 Å². The van der Waals surface area contributed by atoms with Crippen molar-refractivity contribution in [1.29, 1.82) is 0 Å². The van der Waals surface area contributed by atoms with Gasteiger partial charge in [0.05, 0.1) is 11.6 Å². The van der Waals surface area contributed by atoms with E-state index in [9.17, 15) is 14.7 Å². The molecular weight excluding hydrogens is 420 g/mol. The second-order valence-electron chi connectivity index (χ2n) is 9.46. The standard InChI is InChI=1S/C26H30N2O3S/c1-15-2-7-22(24(29)10-15)26(31)27-14-16-3-8-21-17(11-16)4-9-23(21)28-25(30)18-12-19-5-6-20(13-18)32-19/h2-3,7-8,10-11,18-20,23,29H,4-6,9,12-14H2,1H3,(H,27,31)(H,28,30). The number of nitrogens with one attached hydrogen (secondary N) is 2. The van der Waals surface area contributed by atoms with Crippen LogP contribution in [0.25, 0.3) is 0 Å². The molecule has 2 amide bonds. The van der Waals surface area contributed by atoms with Crippen LogP contribution in [0.15, 0.2) is 36.4 Å². The molecule has 0 radical (unpaired) electrons. The molecule has 2 aromatic carbocycles. The van der Waals surface area contributed by atoms with Gasteiger partial charge in [0, 0.05) is 23.0 Å². The number of phenols is 1. The second-order valence-corrected chi connectivity index (χ2v) is 11.1. The summed E-state index contributed by atoms with van der Waals surface area (Å²) in [7, 11) is 0. The molecule has 2 bridgehead atoms. The van der Waals surface area contributed by atoms with E-state index in [0.29, 0.717) is 17.0 Å². The Morgan fingerprint density at radius 1 is 1.06 bits per heavy atom. The lowest BCUT2D eigenvalue weighted by Gasteiger charge is -2.27. The first-order chi connectivity index (χ1) is 15.5. The SMILES string of the molecule is Cc1ccc(C(=O)NCc2ccc3c(c2)CCC3NC(=O)C2CC3CCC(C2)S3)c(O)c1. The van der Waals surface area contributed by atoms with E-state index in [4.69, 9.17) is 0 Å². The molecule has 0 saturated carbocycles. The van der Waals surface area contributed by atoms with E-state index < -0.39 is 0 Å². The summed E-state index contributed by atoms with van der Waals surface area (Å²) >= 11 is 2.09. The quantitative estimate of drug-likeness (QED) is 0.631. The number of rotatable bonds is 5. The van der Waals surface area contributed by atoms with E-state index in [2.05, 4.69) is 34.5 Å². The summed E-state index contributed by atoms with van der Waals surface area (Å²) in [4.78, 5) is 25.4. The van der Waals surface area contributed by atoms with Gasteiger partial charge in [-0.3, -0.25) is 9.59 Å². The highest BCUT2D eigenvalue weighted by molar-refractivity contribution is 8.00. The van der Waals surface area contributed by atoms with Crippen molar-refractivity contribution >= 4 is 23.6 Å². The van der Waals surface area contributed by atoms with Crippen molar-refractivity contribution in [2.75, 3.05) is 0 Å². The van der Waals surface area contributed by atoms with Crippen LogP contribution < -0.4 is 10.6 Å². The molecule has 5 rings (SSSR count). The average molecular weight is 451 g/mol. The molecule has 5 nitrogen and oxygen atoms in total.